The molecule has 5 aromatic carbocycles. The number of esters is 1. The van der Waals surface area contributed by atoms with E-state index in [4.69, 9.17) is 37.9 Å². The second-order valence-corrected chi connectivity index (χ2v) is 20.1. The minimum atomic E-state index is -1.04. The van der Waals surface area contributed by atoms with Gasteiger partial charge >= 0.3 is 12.1 Å². The fourth-order valence-corrected chi connectivity index (χ4v) is 9.27. The summed E-state index contributed by atoms with van der Waals surface area (Å²) in [6.45, 7) is 13.0. The summed E-state index contributed by atoms with van der Waals surface area (Å²) in [5.74, 6) is -0.621. The zero-order valence-corrected chi connectivity index (χ0v) is 45.6. The van der Waals surface area contributed by atoms with Crippen LogP contribution in [0.15, 0.2) is 133 Å². The van der Waals surface area contributed by atoms with Gasteiger partial charge in [0, 0.05) is 38.2 Å². The van der Waals surface area contributed by atoms with E-state index in [1.165, 1.54) is 5.56 Å². The summed E-state index contributed by atoms with van der Waals surface area (Å²) in [7, 11) is 0. The number of Topliss-reactive ketones (excluding diaryl/α,β-unsaturated/α-hetero) is 2. The number of nitrogens with one attached hydrogen (secondary N) is 2. The number of amides is 1. The molecule has 0 aliphatic heterocycles. The van der Waals surface area contributed by atoms with Gasteiger partial charge in [0.15, 0.2) is 0 Å². The van der Waals surface area contributed by atoms with E-state index in [1.807, 2.05) is 48.5 Å². The molecular weight excluding hydrogens is 977 g/mol. The maximum Gasteiger partial charge on any atom is 0.407 e. The van der Waals surface area contributed by atoms with Crippen molar-refractivity contribution in [1.82, 2.24) is 10.6 Å². The second kappa shape index (κ2) is 32.6. The van der Waals surface area contributed by atoms with Crippen molar-refractivity contribution in [2.75, 3.05) is 92.4 Å². The Kier molecular flexibility index (Phi) is 25.5. The highest BCUT2D eigenvalue weighted by Gasteiger charge is 2.36. The Morgan fingerprint density at radius 2 is 0.935 bits per heavy atom. The van der Waals surface area contributed by atoms with Crippen LogP contribution < -0.4 is 10.6 Å². The molecule has 1 atom stereocenters. The van der Waals surface area contributed by atoms with E-state index >= 15 is 0 Å². The van der Waals surface area contributed by atoms with Crippen molar-refractivity contribution in [1.29, 1.82) is 0 Å². The molecule has 0 aromatic heterocycles. The molecule has 0 fully saturated rings. The van der Waals surface area contributed by atoms with Crippen molar-refractivity contribution in [3.8, 4) is 11.1 Å². The van der Waals surface area contributed by atoms with E-state index in [2.05, 4.69) is 102 Å². The smallest absolute Gasteiger partial charge is 0.407 e. The first-order valence-electron chi connectivity index (χ1n) is 27.2. The maximum absolute atomic E-state index is 13.1. The summed E-state index contributed by atoms with van der Waals surface area (Å²) < 4.78 is 44.9. The molecule has 0 saturated heterocycles. The molecule has 2 N–H and O–H groups in total. The molecule has 0 saturated carbocycles. The SMILES string of the molecule is Cc1ccc(C(NCCCC(=O)CCOCCOCCOCCOCCOCCOCCCC(=O)CC[C@H](NC(=O)OCC2c3ccccc3-c3ccccc32)C(=O)OC(C)(C)C)(c2ccccc2)c2ccccc2)cc1. The molecule has 6 rings (SSSR count). The number of rotatable bonds is 37. The molecule has 0 bridgehead atoms. The van der Waals surface area contributed by atoms with Crippen molar-refractivity contribution in [3.05, 3.63) is 167 Å². The highest BCUT2D eigenvalue weighted by Crippen LogP contribution is 2.44. The first-order valence-corrected chi connectivity index (χ1v) is 27.2. The molecule has 0 radical (unpaired) electrons. The first-order chi connectivity index (χ1) is 37.4. The van der Waals surface area contributed by atoms with E-state index < -0.39 is 29.2 Å². The van der Waals surface area contributed by atoms with Gasteiger partial charge in [-0.2, -0.15) is 0 Å². The van der Waals surface area contributed by atoms with Gasteiger partial charge in [0.05, 0.1) is 78.2 Å². The molecule has 0 heterocycles. The van der Waals surface area contributed by atoms with Crippen LogP contribution >= 0.6 is 0 Å². The van der Waals surface area contributed by atoms with Gasteiger partial charge in [0.25, 0.3) is 0 Å². The molecule has 14 heteroatoms. The summed E-state index contributed by atoms with van der Waals surface area (Å²) >= 11 is 0. The van der Waals surface area contributed by atoms with Crippen LogP contribution in [-0.4, -0.2) is 128 Å². The van der Waals surface area contributed by atoms with Gasteiger partial charge in [-0.3, -0.25) is 14.9 Å². The van der Waals surface area contributed by atoms with Crippen LogP contribution in [0.4, 0.5) is 4.79 Å². The molecule has 1 aliphatic rings. The number of hydrogen-bond donors (Lipinski definition) is 2. The minimum absolute atomic E-state index is 0.0476. The van der Waals surface area contributed by atoms with Crippen molar-refractivity contribution in [2.24, 2.45) is 0 Å². The fourth-order valence-electron chi connectivity index (χ4n) is 9.27. The predicted molar refractivity (Wildman–Crippen MR) is 297 cm³/mol. The lowest BCUT2D eigenvalue weighted by molar-refractivity contribution is -0.157. The van der Waals surface area contributed by atoms with Crippen LogP contribution in [-0.2, 0) is 57.8 Å². The average molecular weight is 1060 g/mol. The third-order valence-corrected chi connectivity index (χ3v) is 13.1. The zero-order valence-electron chi connectivity index (χ0n) is 45.6. The van der Waals surface area contributed by atoms with E-state index in [1.54, 1.807) is 20.8 Å². The molecule has 1 aliphatic carbocycles. The van der Waals surface area contributed by atoms with Crippen molar-refractivity contribution < 1.29 is 57.1 Å². The van der Waals surface area contributed by atoms with Crippen molar-refractivity contribution in [3.63, 3.8) is 0 Å². The van der Waals surface area contributed by atoms with Gasteiger partial charge in [-0.1, -0.05) is 139 Å². The average Bonchev–Trinajstić information content (AvgIpc) is 3.78. The molecular formula is C63H80N2O12. The standard InChI is InChI=1S/C63H80N2O12/c1-48-27-29-51(30-28-48)63(49-17-7-5-8-18-49,50-19-9-6-10-20-50)64-34-15-21-53(67)33-36-71-38-40-73-42-44-75-46-45-74-43-41-72-39-37-70-35-16-22-52(66)31-32-59(60(68)77-62(2,3)4)65-61(69)76-47-58-56-25-13-11-23-54(56)55-24-12-14-26-57(55)58/h5-14,17-20,23-30,58-59,64H,15-16,21-22,31-47H2,1-4H3,(H,65,69)/t59-/m0/s1. The zero-order chi connectivity index (χ0) is 54.6. The van der Waals surface area contributed by atoms with Gasteiger partial charge < -0.3 is 43.2 Å². The highest BCUT2D eigenvalue weighted by molar-refractivity contribution is 5.84. The number of aryl methyl sites for hydroxylation is 1. The van der Waals surface area contributed by atoms with Crippen LogP contribution in [0.25, 0.3) is 11.1 Å². The van der Waals surface area contributed by atoms with Crippen molar-refractivity contribution in [2.45, 2.75) is 95.7 Å². The number of hydrogen-bond acceptors (Lipinski definition) is 13. The number of fused-ring (bicyclic) bond motifs is 3. The number of ketones is 2. The Labute approximate surface area is 455 Å². The summed E-state index contributed by atoms with van der Waals surface area (Å²) in [6, 6.07) is 44.7. The summed E-state index contributed by atoms with van der Waals surface area (Å²) in [6.07, 6.45) is 1.76. The number of alkyl carbamates (subject to hydrolysis) is 1. The van der Waals surface area contributed by atoms with Crippen LogP contribution in [0, 0.1) is 6.92 Å². The molecule has 77 heavy (non-hydrogen) atoms. The van der Waals surface area contributed by atoms with Gasteiger partial charge in [0.2, 0.25) is 0 Å². The van der Waals surface area contributed by atoms with Gasteiger partial charge in [-0.15, -0.1) is 0 Å². The van der Waals surface area contributed by atoms with Gasteiger partial charge in [0.1, 0.15) is 29.8 Å². The molecule has 1 amide bonds. The highest BCUT2D eigenvalue weighted by atomic mass is 16.6. The van der Waals surface area contributed by atoms with Gasteiger partial charge in [-0.05, 0) is 92.4 Å². The largest absolute Gasteiger partial charge is 0.458 e. The van der Waals surface area contributed by atoms with Crippen LogP contribution in [0.3, 0.4) is 0 Å². The molecule has 0 unspecified atom stereocenters. The molecule has 0 spiro atoms. The maximum atomic E-state index is 13.1. The van der Waals surface area contributed by atoms with Crippen LogP contribution in [0.1, 0.15) is 105 Å². The van der Waals surface area contributed by atoms with Crippen LogP contribution in [0.5, 0.6) is 0 Å². The molecule has 14 nitrogen and oxygen atoms in total. The third-order valence-electron chi connectivity index (χ3n) is 13.1. The van der Waals surface area contributed by atoms with E-state index in [0.717, 1.165) is 38.9 Å². The van der Waals surface area contributed by atoms with E-state index in [0.29, 0.717) is 112 Å². The number of benzene rings is 5. The Balaban J connectivity index is 0.716. The molecule has 414 valence electrons. The number of carbonyl (C=O) groups is 4. The fraction of sp³-hybridized carbons (Fsp3) is 0.460. The normalized spacial score (nSPS) is 12.7. The summed E-state index contributed by atoms with van der Waals surface area (Å²) in [5, 5.41) is 6.52. The minimum Gasteiger partial charge on any atom is -0.458 e. The van der Waals surface area contributed by atoms with E-state index in [9.17, 15) is 19.2 Å². The Morgan fingerprint density at radius 1 is 0.494 bits per heavy atom. The quantitative estimate of drug-likeness (QED) is 0.0219. The Morgan fingerprint density at radius 3 is 1.45 bits per heavy atom. The number of ether oxygens (including phenoxy) is 8. The second-order valence-electron chi connectivity index (χ2n) is 20.1. The lowest BCUT2D eigenvalue weighted by atomic mass is 9.76. The van der Waals surface area contributed by atoms with Crippen LogP contribution in [0.2, 0.25) is 0 Å². The first kappa shape index (κ1) is 60.1. The van der Waals surface area contributed by atoms with E-state index in [-0.39, 0.29) is 43.4 Å². The summed E-state index contributed by atoms with van der Waals surface area (Å²) in [4.78, 5) is 51.7. The molecule has 5 aromatic rings. The van der Waals surface area contributed by atoms with Crippen molar-refractivity contribution >= 4 is 23.6 Å². The van der Waals surface area contributed by atoms with Gasteiger partial charge in [-0.25, -0.2) is 9.59 Å². The Hall–Kier alpha value is -6.10. The third kappa shape index (κ3) is 20.0. The lowest BCUT2D eigenvalue weighted by Gasteiger charge is -2.37. The summed E-state index contributed by atoms with van der Waals surface area (Å²) in [5.41, 5.74) is 7.71. The predicted octanol–water partition coefficient (Wildman–Crippen LogP) is 10.1. The monoisotopic (exact) mass is 1060 g/mol. The topological polar surface area (TPSA) is 166 Å². The Bertz CT molecular complexity index is 2450. The lowest BCUT2D eigenvalue weighted by Crippen LogP contribution is -2.45. The number of carbonyl (C=O) groups excluding carboxylic acids is 4.